The van der Waals surface area contributed by atoms with E-state index < -0.39 is 17.4 Å². The second-order valence-electron chi connectivity index (χ2n) is 5.22. The molecule has 1 atom stereocenters. The Morgan fingerprint density at radius 3 is 2.42 bits per heavy atom. The number of aryl methyl sites for hydroxylation is 1. The standard InChI is InChI=1S/C14H21NO4/c1-6-14(5,13(17)18)15-12(16)10-7-11(8(2)3)19-9(10)4/h7-8H,6H2,1-5H3,(H,15,16)(H,17,18). The molecular formula is C14H21NO4. The van der Waals surface area contributed by atoms with Crippen LogP contribution in [-0.4, -0.2) is 22.5 Å². The molecule has 1 rings (SSSR count). The molecule has 1 heterocycles. The Morgan fingerprint density at radius 2 is 2.05 bits per heavy atom. The lowest BCUT2D eigenvalue weighted by Crippen LogP contribution is -2.51. The summed E-state index contributed by atoms with van der Waals surface area (Å²) in [6.45, 7) is 8.84. The Bertz CT molecular complexity index is 490. The van der Waals surface area contributed by atoms with Crippen molar-refractivity contribution >= 4 is 11.9 Å². The molecule has 0 aliphatic heterocycles. The molecule has 1 aromatic rings. The van der Waals surface area contributed by atoms with Crippen LogP contribution in [0.3, 0.4) is 0 Å². The molecule has 0 bridgehead atoms. The second-order valence-corrected chi connectivity index (χ2v) is 5.22. The smallest absolute Gasteiger partial charge is 0.329 e. The first-order chi connectivity index (χ1) is 8.71. The van der Waals surface area contributed by atoms with Gasteiger partial charge in [0.15, 0.2) is 0 Å². The third kappa shape index (κ3) is 3.16. The van der Waals surface area contributed by atoms with Crippen LogP contribution in [0.4, 0.5) is 0 Å². The molecule has 19 heavy (non-hydrogen) atoms. The summed E-state index contributed by atoms with van der Waals surface area (Å²) in [5.41, 5.74) is -0.872. The number of carbonyl (C=O) groups excluding carboxylic acids is 1. The van der Waals surface area contributed by atoms with Crippen LogP contribution >= 0.6 is 0 Å². The zero-order valence-electron chi connectivity index (χ0n) is 12.0. The Hall–Kier alpha value is -1.78. The van der Waals surface area contributed by atoms with Crippen molar-refractivity contribution in [3.05, 3.63) is 23.2 Å². The molecule has 2 N–H and O–H groups in total. The van der Waals surface area contributed by atoms with Gasteiger partial charge in [-0.1, -0.05) is 20.8 Å². The van der Waals surface area contributed by atoms with Gasteiger partial charge in [-0.25, -0.2) is 4.79 Å². The number of hydrogen-bond acceptors (Lipinski definition) is 3. The van der Waals surface area contributed by atoms with Crippen molar-refractivity contribution < 1.29 is 19.1 Å². The highest BCUT2D eigenvalue weighted by atomic mass is 16.4. The van der Waals surface area contributed by atoms with E-state index in [2.05, 4.69) is 5.32 Å². The summed E-state index contributed by atoms with van der Waals surface area (Å²) in [6, 6.07) is 1.67. The summed E-state index contributed by atoms with van der Waals surface area (Å²) < 4.78 is 5.50. The Morgan fingerprint density at radius 1 is 1.47 bits per heavy atom. The van der Waals surface area contributed by atoms with E-state index in [1.165, 1.54) is 6.92 Å². The highest BCUT2D eigenvalue weighted by Gasteiger charge is 2.34. The van der Waals surface area contributed by atoms with Crippen LogP contribution in [0.15, 0.2) is 10.5 Å². The van der Waals surface area contributed by atoms with Crippen LogP contribution in [0.5, 0.6) is 0 Å². The molecule has 1 unspecified atom stereocenters. The van der Waals surface area contributed by atoms with E-state index in [-0.39, 0.29) is 5.92 Å². The molecule has 5 nitrogen and oxygen atoms in total. The molecule has 0 aliphatic carbocycles. The molecule has 106 valence electrons. The van der Waals surface area contributed by atoms with Gasteiger partial charge < -0.3 is 14.8 Å². The lowest BCUT2D eigenvalue weighted by molar-refractivity contribution is -0.143. The lowest BCUT2D eigenvalue weighted by atomic mass is 9.98. The van der Waals surface area contributed by atoms with Gasteiger partial charge in [0.25, 0.3) is 5.91 Å². The molecule has 0 spiro atoms. The fourth-order valence-electron chi connectivity index (χ4n) is 1.63. The Balaban J connectivity index is 2.98. The number of furan rings is 1. The molecule has 1 aromatic heterocycles. The fraction of sp³-hybridized carbons (Fsp3) is 0.571. The van der Waals surface area contributed by atoms with Crippen LogP contribution in [0, 0.1) is 6.92 Å². The highest BCUT2D eigenvalue weighted by molar-refractivity contribution is 5.98. The van der Waals surface area contributed by atoms with Gasteiger partial charge in [-0.05, 0) is 26.3 Å². The van der Waals surface area contributed by atoms with Gasteiger partial charge in [0.2, 0.25) is 0 Å². The van der Waals surface area contributed by atoms with Gasteiger partial charge in [0.1, 0.15) is 17.1 Å². The zero-order valence-corrected chi connectivity index (χ0v) is 12.0. The predicted octanol–water partition coefficient (Wildman–Crippen LogP) is 2.69. The van der Waals surface area contributed by atoms with Crippen molar-refractivity contribution in [2.24, 2.45) is 0 Å². The minimum Gasteiger partial charge on any atom is -0.480 e. The van der Waals surface area contributed by atoms with Crippen LogP contribution in [0.2, 0.25) is 0 Å². The molecule has 1 amide bonds. The number of hydrogen-bond donors (Lipinski definition) is 2. The average Bonchev–Trinajstić information content (AvgIpc) is 2.71. The number of carboxylic acids is 1. The van der Waals surface area contributed by atoms with Crippen LogP contribution in [0.25, 0.3) is 0 Å². The molecule has 0 saturated carbocycles. The number of aliphatic carboxylic acids is 1. The third-order valence-electron chi connectivity index (χ3n) is 3.32. The largest absolute Gasteiger partial charge is 0.480 e. The van der Waals surface area contributed by atoms with Crippen LogP contribution < -0.4 is 5.32 Å². The molecule has 0 aromatic carbocycles. The Kier molecular flexibility index (Phi) is 4.39. The number of amides is 1. The minimum absolute atomic E-state index is 0.178. The van der Waals surface area contributed by atoms with Gasteiger partial charge >= 0.3 is 5.97 Å². The van der Waals surface area contributed by atoms with E-state index >= 15 is 0 Å². The first-order valence-corrected chi connectivity index (χ1v) is 6.37. The maximum atomic E-state index is 12.1. The van der Waals surface area contributed by atoms with Gasteiger partial charge in [-0.3, -0.25) is 4.79 Å². The predicted molar refractivity (Wildman–Crippen MR) is 71.3 cm³/mol. The highest BCUT2D eigenvalue weighted by Crippen LogP contribution is 2.22. The summed E-state index contributed by atoms with van der Waals surface area (Å²) in [5, 5.41) is 11.7. The first kappa shape index (κ1) is 15.3. The molecule has 5 heteroatoms. The van der Waals surface area contributed by atoms with Crippen molar-refractivity contribution in [1.82, 2.24) is 5.32 Å². The van der Waals surface area contributed by atoms with Gasteiger partial charge in [-0.2, -0.15) is 0 Å². The van der Waals surface area contributed by atoms with E-state index in [0.29, 0.717) is 17.7 Å². The third-order valence-corrected chi connectivity index (χ3v) is 3.32. The van der Waals surface area contributed by atoms with E-state index in [0.717, 1.165) is 5.76 Å². The van der Waals surface area contributed by atoms with Crippen molar-refractivity contribution in [3.8, 4) is 0 Å². The van der Waals surface area contributed by atoms with Crippen LogP contribution in [-0.2, 0) is 4.79 Å². The molecule has 0 saturated heterocycles. The minimum atomic E-state index is -1.27. The van der Waals surface area contributed by atoms with Crippen molar-refractivity contribution in [2.75, 3.05) is 0 Å². The molecule has 0 radical (unpaired) electrons. The summed E-state index contributed by atoms with van der Waals surface area (Å²) >= 11 is 0. The van der Waals surface area contributed by atoms with Crippen molar-refractivity contribution in [3.63, 3.8) is 0 Å². The summed E-state index contributed by atoms with van der Waals surface area (Å²) in [4.78, 5) is 23.3. The van der Waals surface area contributed by atoms with Gasteiger partial charge in [0.05, 0.1) is 5.56 Å². The molecule has 0 aliphatic rings. The summed E-state index contributed by atoms with van der Waals surface area (Å²) in [7, 11) is 0. The lowest BCUT2D eigenvalue weighted by Gasteiger charge is -2.24. The number of nitrogens with one attached hydrogen (secondary N) is 1. The van der Waals surface area contributed by atoms with Crippen molar-refractivity contribution in [2.45, 2.75) is 52.5 Å². The summed E-state index contributed by atoms with van der Waals surface area (Å²) in [5.74, 6) is -0.0630. The topological polar surface area (TPSA) is 79.5 Å². The Labute approximate surface area is 113 Å². The number of carboxylic acid groups (broad SMARTS) is 1. The van der Waals surface area contributed by atoms with Crippen LogP contribution in [0.1, 0.15) is 61.9 Å². The average molecular weight is 267 g/mol. The SMILES string of the molecule is CCC(C)(NC(=O)c1cc(C(C)C)oc1C)C(=O)O. The fourth-order valence-corrected chi connectivity index (χ4v) is 1.63. The van der Waals surface area contributed by atoms with Gasteiger partial charge in [-0.15, -0.1) is 0 Å². The van der Waals surface area contributed by atoms with E-state index in [1.54, 1.807) is 19.9 Å². The first-order valence-electron chi connectivity index (χ1n) is 6.37. The zero-order chi connectivity index (χ0) is 14.8. The monoisotopic (exact) mass is 267 g/mol. The van der Waals surface area contributed by atoms with Gasteiger partial charge in [0, 0.05) is 5.92 Å². The summed E-state index contributed by atoms with van der Waals surface area (Å²) in [6.07, 6.45) is 0.308. The maximum absolute atomic E-state index is 12.1. The van der Waals surface area contributed by atoms with E-state index in [1.807, 2.05) is 13.8 Å². The molecular weight excluding hydrogens is 246 g/mol. The molecule has 0 fully saturated rings. The van der Waals surface area contributed by atoms with E-state index in [9.17, 15) is 9.59 Å². The van der Waals surface area contributed by atoms with Crippen molar-refractivity contribution in [1.29, 1.82) is 0 Å². The quantitative estimate of drug-likeness (QED) is 0.859. The normalized spacial score (nSPS) is 14.2. The number of carbonyl (C=O) groups is 2. The second kappa shape index (κ2) is 5.47. The number of rotatable bonds is 5. The van der Waals surface area contributed by atoms with E-state index in [4.69, 9.17) is 9.52 Å². The maximum Gasteiger partial charge on any atom is 0.329 e.